The summed E-state index contributed by atoms with van der Waals surface area (Å²) in [6, 6.07) is 0. The molecule has 0 aromatic carbocycles. The van der Waals surface area contributed by atoms with Crippen molar-refractivity contribution in [2.45, 2.75) is 38.8 Å². The molecule has 0 aliphatic rings. The third kappa shape index (κ3) is 2.65. The highest BCUT2D eigenvalue weighted by atomic mass is 16.1. The molecule has 0 bridgehead atoms. The van der Waals surface area contributed by atoms with Crippen molar-refractivity contribution >= 4 is 5.78 Å². The second-order valence-electron chi connectivity index (χ2n) is 3.83. The summed E-state index contributed by atoms with van der Waals surface area (Å²) in [6.45, 7) is 5.90. The average Bonchev–Trinajstić information content (AvgIpc) is 2.02. The van der Waals surface area contributed by atoms with Gasteiger partial charge in [0.05, 0.1) is 0 Å². The summed E-state index contributed by atoms with van der Waals surface area (Å²) in [5.74, 6) is -0.416. The minimum absolute atomic E-state index is 0.416. The molecule has 76 valence electrons. The molecule has 0 spiro atoms. The van der Waals surface area contributed by atoms with Crippen molar-refractivity contribution in [3.8, 4) is 0 Å². The lowest BCUT2D eigenvalue weighted by Gasteiger charge is -2.25. The van der Waals surface area contributed by atoms with E-state index < -0.39 is 16.9 Å². The van der Waals surface area contributed by atoms with Gasteiger partial charge in [-0.25, -0.2) is 0 Å². The third-order valence-electron chi connectivity index (χ3n) is 1.70. The molecule has 0 saturated heterocycles. The second-order valence-corrected chi connectivity index (χ2v) is 3.83. The van der Waals surface area contributed by atoms with Crippen molar-refractivity contribution in [2.75, 3.05) is 0 Å². The van der Waals surface area contributed by atoms with Gasteiger partial charge in [0.15, 0.2) is 5.78 Å². The lowest BCUT2D eigenvalue weighted by molar-refractivity contribution is -0.127. The third-order valence-corrected chi connectivity index (χ3v) is 1.70. The highest BCUT2D eigenvalue weighted by Crippen LogP contribution is 2.22. The van der Waals surface area contributed by atoms with Crippen molar-refractivity contribution < 1.29 is 4.79 Å². The van der Waals surface area contributed by atoms with Gasteiger partial charge in [0.25, 0.3) is 0 Å². The van der Waals surface area contributed by atoms with Gasteiger partial charge in [-0.2, -0.15) is 0 Å². The van der Waals surface area contributed by atoms with Crippen molar-refractivity contribution in [1.29, 1.82) is 0 Å². The van der Waals surface area contributed by atoms with Crippen molar-refractivity contribution in [1.82, 2.24) is 0 Å². The number of azide groups is 2. The zero-order chi connectivity index (χ0) is 11.4. The molecule has 0 rings (SSSR count). The van der Waals surface area contributed by atoms with E-state index in [1.165, 1.54) is 27.7 Å². The topological polar surface area (TPSA) is 115 Å². The molecule has 0 N–H and O–H groups in total. The first-order valence-corrected chi connectivity index (χ1v) is 3.95. The van der Waals surface area contributed by atoms with Crippen LogP contribution in [0.4, 0.5) is 0 Å². The SMILES string of the molecule is CC(C)(N=[N+]=[N-])C(=O)C(C)(C)N=[N+]=[N-]. The summed E-state index contributed by atoms with van der Waals surface area (Å²) < 4.78 is 0. The van der Waals surface area contributed by atoms with Gasteiger partial charge < -0.3 is 0 Å². The predicted octanol–water partition coefficient (Wildman–Crippen LogP) is 2.73. The lowest BCUT2D eigenvalue weighted by Crippen LogP contribution is -2.43. The molecule has 0 saturated carbocycles. The first-order valence-electron chi connectivity index (χ1n) is 3.95. The van der Waals surface area contributed by atoms with Crippen LogP contribution in [0.2, 0.25) is 0 Å². The first-order chi connectivity index (χ1) is 6.28. The zero-order valence-corrected chi connectivity index (χ0v) is 8.59. The predicted molar refractivity (Wildman–Crippen MR) is 51.5 cm³/mol. The van der Waals surface area contributed by atoms with E-state index in [0.29, 0.717) is 0 Å². The second kappa shape index (κ2) is 4.00. The molecule has 0 unspecified atom stereocenters. The smallest absolute Gasteiger partial charge is 0.155 e. The van der Waals surface area contributed by atoms with Crippen LogP contribution >= 0.6 is 0 Å². The summed E-state index contributed by atoms with van der Waals surface area (Å²) in [5, 5.41) is 6.71. The van der Waals surface area contributed by atoms with Crippen LogP contribution in [0.1, 0.15) is 27.7 Å². The summed E-state index contributed by atoms with van der Waals surface area (Å²) in [6.07, 6.45) is 0. The Kier molecular flexibility index (Phi) is 3.51. The van der Waals surface area contributed by atoms with Crippen LogP contribution in [0.25, 0.3) is 20.9 Å². The maximum atomic E-state index is 11.7. The van der Waals surface area contributed by atoms with E-state index in [0.717, 1.165) is 0 Å². The van der Waals surface area contributed by atoms with Crippen LogP contribution < -0.4 is 0 Å². The molecule has 0 heterocycles. The van der Waals surface area contributed by atoms with Crippen molar-refractivity contribution in [3.05, 3.63) is 20.9 Å². The fraction of sp³-hybridized carbons (Fsp3) is 0.857. The number of Topliss-reactive ketones (excluding diaryl/α,β-unsaturated/α-hetero) is 1. The van der Waals surface area contributed by atoms with Crippen LogP contribution in [0.5, 0.6) is 0 Å². The van der Waals surface area contributed by atoms with Crippen LogP contribution in [0.15, 0.2) is 10.2 Å². The van der Waals surface area contributed by atoms with Gasteiger partial charge in [0.2, 0.25) is 0 Å². The molecule has 0 aliphatic heterocycles. The number of carbonyl (C=O) groups is 1. The number of nitrogens with zero attached hydrogens (tertiary/aromatic N) is 6. The summed E-state index contributed by atoms with van der Waals surface area (Å²) >= 11 is 0. The molecular formula is C7H12N6O. The monoisotopic (exact) mass is 196 g/mol. The molecular weight excluding hydrogens is 184 g/mol. The lowest BCUT2D eigenvalue weighted by atomic mass is 9.86. The fourth-order valence-corrected chi connectivity index (χ4v) is 1.06. The van der Waals surface area contributed by atoms with Crippen LogP contribution in [-0.2, 0) is 4.79 Å². The normalized spacial score (nSPS) is 11.1. The molecule has 0 fully saturated rings. The molecule has 14 heavy (non-hydrogen) atoms. The maximum absolute atomic E-state index is 11.7. The fourth-order valence-electron chi connectivity index (χ4n) is 1.06. The molecule has 0 atom stereocenters. The minimum Gasteiger partial charge on any atom is -0.298 e. The minimum atomic E-state index is -1.20. The first kappa shape index (κ1) is 12.3. The molecule has 0 radical (unpaired) electrons. The van der Waals surface area contributed by atoms with Gasteiger partial charge in [0, 0.05) is 9.82 Å². The summed E-state index contributed by atoms with van der Waals surface area (Å²) in [5.41, 5.74) is 14.1. The number of ketones is 1. The van der Waals surface area contributed by atoms with E-state index in [1.807, 2.05) is 0 Å². The van der Waals surface area contributed by atoms with Gasteiger partial charge in [-0.3, -0.25) is 4.79 Å². The number of hydrogen-bond acceptors (Lipinski definition) is 3. The Morgan fingerprint density at radius 2 is 1.29 bits per heavy atom. The molecule has 0 aliphatic carbocycles. The highest BCUT2D eigenvalue weighted by molar-refractivity contribution is 5.95. The Morgan fingerprint density at radius 1 is 1.00 bits per heavy atom. The Balaban J connectivity index is 5.14. The van der Waals surface area contributed by atoms with Crippen LogP contribution in [-0.4, -0.2) is 16.9 Å². The summed E-state index contributed by atoms with van der Waals surface area (Å²) in [7, 11) is 0. The van der Waals surface area contributed by atoms with E-state index in [1.54, 1.807) is 0 Å². The molecule has 0 amide bonds. The standard InChI is InChI=1S/C7H12N6O/c1-6(2,10-12-8)5(14)7(3,4)11-13-9/h1-4H3. The number of carbonyl (C=O) groups excluding carboxylic acids is 1. The van der Waals surface area contributed by atoms with Crippen LogP contribution in [0.3, 0.4) is 0 Å². The van der Waals surface area contributed by atoms with E-state index >= 15 is 0 Å². The van der Waals surface area contributed by atoms with Crippen molar-refractivity contribution in [3.63, 3.8) is 0 Å². The van der Waals surface area contributed by atoms with Gasteiger partial charge in [-0.05, 0) is 38.8 Å². The Bertz CT molecular complexity index is 300. The average molecular weight is 196 g/mol. The van der Waals surface area contributed by atoms with E-state index in [9.17, 15) is 4.79 Å². The largest absolute Gasteiger partial charge is 0.298 e. The van der Waals surface area contributed by atoms with Crippen molar-refractivity contribution in [2.24, 2.45) is 10.2 Å². The van der Waals surface area contributed by atoms with E-state index in [2.05, 4.69) is 20.1 Å². The molecule has 7 heteroatoms. The van der Waals surface area contributed by atoms with Gasteiger partial charge in [-0.1, -0.05) is 10.2 Å². The Morgan fingerprint density at radius 3 is 1.50 bits per heavy atom. The van der Waals surface area contributed by atoms with Gasteiger partial charge in [-0.15, -0.1) is 0 Å². The summed E-state index contributed by atoms with van der Waals surface area (Å²) in [4.78, 5) is 16.9. The Labute approximate surface area is 81.4 Å². The maximum Gasteiger partial charge on any atom is 0.155 e. The molecule has 7 nitrogen and oxygen atoms in total. The molecule has 0 aromatic rings. The van der Waals surface area contributed by atoms with Gasteiger partial charge in [0.1, 0.15) is 11.1 Å². The molecule has 0 aromatic heterocycles. The van der Waals surface area contributed by atoms with Crippen LogP contribution in [0, 0.1) is 0 Å². The number of hydrogen-bond donors (Lipinski definition) is 0. The van der Waals surface area contributed by atoms with E-state index in [-0.39, 0.29) is 0 Å². The highest BCUT2D eigenvalue weighted by Gasteiger charge is 2.37. The van der Waals surface area contributed by atoms with Gasteiger partial charge >= 0.3 is 0 Å². The zero-order valence-electron chi connectivity index (χ0n) is 8.59. The van der Waals surface area contributed by atoms with E-state index in [4.69, 9.17) is 11.1 Å². The quantitative estimate of drug-likeness (QED) is 0.383. The number of rotatable bonds is 4. The Hall–Kier alpha value is -1.71.